The molecule has 8 nitrogen and oxygen atoms in total. The minimum absolute atomic E-state index is 0.0112. The molecule has 0 spiro atoms. The molecule has 442 valence electrons. The Morgan fingerprint density at radius 1 is 0.474 bits per heavy atom. The summed E-state index contributed by atoms with van der Waals surface area (Å²) in [5.74, 6) is -0.211. The quantitative estimate of drug-likeness (QED) is 0.0272. The summed E-state index contributed by atoms with van der Waals surface area (Å²) in [7, 11) is 1.23. The third-order valence-electron chi connectivity index (χ3n) is 14.1. The van der Waals surface area contributed by atoms with Crippen molar-refractivity contribution in [2.24, 2.45) is 0 Å². The van der Waals surface area contributed by atoms with Crippen LogP contribution in [0.25, 0.3) is 0 Å². The Balaban J connectivity index is 4.19. The van der Waals surface area contributed by atoms with Crippen LogP contribution in [0.4, 0.5) is 0 Å². The van der Waals surface area contributed by atoms with E-state index in [1.54, 1.807) is 6.08 Å². The van der Waals surface area contributed by atoms with Crippen LogP contribution in [0.15, 0.2) is 85.1 Å². The number of phosphoric ester groups is 1. The van der Waals surface area contributed by atoms with Crippen LogP contribution >= 0.6 is 7.82 Å². The fraction of sp³-hybridized carbons (Fsp3) is 0.776. The second kappa shape index (κ2) is 57.4. The number of nitrogens with zero attached hydrogens (tertiary/aromatic N) is 1. The van der Waals surface area contributed by atoms with Gasteiger partial charge in [0.2, 0.25) is 5.91 Å². The molecular weight excluding hydrogens is 960 g/mol. The Labute approximate surface area is 471 Å². The van der Waals surface area contributed by atoms with E-state index in [4.69, 9.17) is 9.05 Å². The fourth-order valence-corrected chi connectivity index (χ4v) is 9.84. The van der Waals surface area contributed by atoms with Gasteiger partial charge in [0, 0.05) is 6.42 Å². The lowest BCUT2D eigenvalue weighted by atomic mass is 10.0. The molecule has 0 saturated heterocycles. The van der Waals surface area contributed by atoms with Crippen molar-refractivity contribution in [3.63, 3.8) is 0 Å². The molecule has 0 aromatic heterocycles. The van der Waals surface area contributed by atoms with Crippen LogP contribution in [0, 0.1) is 0 Å². The van der Waals surface area contributed by atoms with Crippen molar-refractivity contribution in [3.05, 3.63) is 85.1 Å². The Kier molecular flexibility index (Phi) is 55.6. The fourth-order valence-electron chi connectivity index (χ4n) is 9.12. The zero-order valence-electron chi connectivity index (χ0n) is 50.4. The van der Waals surface area contributed by atoms with Crippen LogP contribution in [-0.4, -0.2) is 68.5 Å². The summed E-state index contributed by atoms with van der Waals surface area (Å²) < 4.78 is 23.4. The number of amides is 1. The van der Waals surface area contributed by atoms with Crippen molar-refractivity contribution in [3.8, 4) is 0 Å². The van der Waals surface area contributed by atoms with E-state index in [9.17, 15) is 19.4 Å². The number of aliphatic hydroxyl groups is 1. The van der Waals surface area contributed by atoms with Gasteiger partial charge in [0.15, 0.2) is 0 Å². The maximum atomic E-state index is 13.0. The minimum atomic E-state index is -4.62. The van der Waals surface area contributed by atoms with Gasteiger partial charge < -0.3 is 28.8 Å². The summed E-state index contributed by atoms with van der Waals surface area (Å²) in [5, 5.41) is 13.9. The highest BCUT2D eigenvalue weighted by Crippen LogP contribution is 2.38. The summed E-state index contributed by atoms with van der Waals surface area (Å²) in [6.07, 6.45) is 81.1. The number of rotatable bonds is 58. The molecule has 0 aliphatic rings. The summed E-state index contributed by atoms with van der Waals surface area (Å²) in [6.45, 7) is 4.53. The molecule has 0 aromatic carbocycles. The molecule has 3 atom stereocenters. The largest absolute Gasteiger partial charge is 0.756 e. The monoisotopic (exact) mass is 1080 g/mol. The van der Waals surface area contributed by atoms with Gasteiger partial charge in [-0.2, -0.15) is 0 Å². The first-order valence-electron chi connectivity index (χ1n) is 31.9. The van der Waals surface area contributed by atoms with Gasteiger partial charge in [-0.15, -0.1) is 0 Å². The number of likely N-dealkylation sites (N-methyl/N-ethyl adjacent to an activating group) is 1. The van der Waals surface area contributed by atoms with E-state index < -0.39 is 26.6 Å². The number of aliphatic hydroxyl groups excluding tert-OH is 1. The first-order valence-corrected chi connectivity index (χ1v) is 33.4. The SMILES string of the molecule is CC/C=C\C/C=C\C/C=C\C/C=C\CCCCCCCCCCCCCCCCCCC(=O)NC(COP(=O)([O-])OCC[N+](C)(C)C)C(O)/C=C/CC/C=C/CC/C=C/CCCCCCCCCCCCCCCCC. The molecule has 3 unspecified atom stereocenters. The van der Waals surface area contributed by atoms with Gasteiger partial charge in [-0.1, -0.05) is 279 Å². The van der Waals surface area contributed by atoms with E-state index in [1.807, 2.05) is 27.2 Å². The van der Waals surface area contributed by atoms with Crippen molar-refractivity contribution in [1.29, 1.82) is 0 Å². The maximum Gasteiger partial charge on any atom is 0.268 e. The number of allylic oxidation sites excluding steroid dienone is 13. The maximum absolute atomic E-state index is 13.0. The zero-order chi connectivity index (χ0) is 55.6. The van der Waals surface area contributed by atoms with Gasteiger partial charge >= 0.3 is 0 Å². The molecule has 0 radical (unpaired) electrons. The molecular formula is C67H123N2O6P. The van der Waals surface area contributed by atoms with Gasteiger partial charge in [-0.05, 0) is 83.5 Å². The lowest BCUT2D eigenvalue weighted by Crippen LogP contribution is -2.45. The molecule has 9 heteroatoms. The van der Waals surface area contributed by atoms with E-state index in [0.29, 0.717) is 17.4 Å². The molecule has 0 saturated carbocycles. The molecule has 0 bridgehead atoms. The first kappa shape index (κ1) is 73.7. The Morgan fingerprint density at radius 2 is 0.816 bits per heavy atom. The molecule has 76 heavy (non-hydrogen) atoms. The number of hydrogen-bond acceptors (Lipinski definition) is 6. The third kappa shape index (κ3) is 59.3. The molecule has 0 rings (SSSR count). The first-order chi connectivity index (χ1) is 37.0. The minimum Gasteiger partial charge on any atom is -0.756 e. The Morgan fingerprint density at radius 3 is 1.22 bits per heavy atom. The number of quaternary nitrogens is 1. The summed E-state index contributed by atoms with van der Waals surface area (Å²) in [4.78, 5) is 25.6. The van der Waals surface area contributed by atoms with Crippen molar-refractivity contribution < 1.29 is 32.9 Å². The predicted molar refractivity (Wildman–Crippen MR) is 330 cm³/mol. The molecule has 0 fully saturated rings. The molecule has 2 N–H and O–H groups in total. The Bertz CT molecular complexity index is 1510. The smallest absolute Gasteiger partial charge is 0.268 e. The topological polar surface area (TPSA) is 108 Å². The van der Waals surface area contributed by atoms with E-state index in [1.165, 1.54) is 193 Å². The van der Waals surface area contributed by atoms with Gasteiger partial charge in [0.25, 0.3) is 7.82 Å². The molecule has 0 heterocycles. The highest BCUT2D eigenvalue weighted by Gasteiger charge is 2.23. The Hall–Kier alpha value is -2.32. The van der Waals surface area contributed by atoms with Crippen molar-refractivity contribution >= 4 is 13.7 Å². The van der Waals surface area contributed by atoms with Gasteiger partial charge in [0.05, 0.1) is 39.9 Å². The van der Waals surface area contributed by atoms with Crippen LogP contribution in [0.3, 0.4) is 0 Å². The summed E-state index contributed by atoms with van der Waals surface area (Å²) in [5.41, 5.74) is 0. The summed E-state index contributed by atoms with van der Waals surface area (Å²) >= 11 is 0. The number of unbranched alkanes of at least 4 members (excludes halogenated alkanes) is 33. The highest BCUT2D eigenvalue weighted by atomic mass is 31.2. The second-order valence-electron chi connectivity index (χ2n) is 22.7. The molecule has 0 aliphatic heterocycles. The normalized spacial score (nSPS) is 14.4. The van der Waals surface area contributed by atoms with E-state index >= 15 is 0 Å². The lowest BCUT2D eigenvalue weighted by molar-refractivity contribution is -0.870. The lowest BCUT2D eigenvalue weighted by Gasteiger charge is -2.29. The van der Waals surface area contributed by atoms with E-state index in [2.05, 4.69) is 92.1 Å². The number of nitrogens with one attached hydrogen (secondary N) is 1. The van der Waals surface area contributed by atoms with Crippen molar-refractivity contribution in [2.45, 2.75) is 296 Å². The van der Waals surface area contributed by atoms with Gasteiger partial charge in [-0.3, -0.25) is 9.36 Å². The standard InChI is InChI=1S/C67H123N2O6P/c1-6-8-10-12-14-16-18-20-22-24-26-28-30-32-33-34-35-37-39-41-43-45-47-49-51-53-55-57-59-61-67(71)68-65(64-75-76(72,73)74-63-62-69(3,4)5)66(70)60-58-56-54-52-50-48-46-44-42-40-38-36-31-29-27-25-23-21-19-17-15-13-11-9-7-2/h8,10,14,16,20,22,26,28,42,44,50,52,58,60,65-66,70H,6-7,9,11-13,15,17-19,21,23-25,27,29-41,43,45-49,51,53-57,59,61-64H2,1-5H3,(H-,68,71,72,73)/b10-8-,16-14-,22-20-,28-26-,44-42+,52-50+,60-58+. The molecule has 1 amide bonds. The number of carbonyl (C=O) groups is 1. The predicted octanol–water partition coefficient (Wildman–Crippen LogP) is 19.4. The van der Waals surface area contributed by atoms with Crippen LogP contribution < -0.4 is 10.2 Å². The van der Waals surface area contributed by atoms with Gasteiger partial charge in [-0.25, -0.2) is 0 Å². The van der Waals surface area contributed by atoms with E-state index in [-0.39, 0.29) is 12.5 Å². The average molecular weight is 1080 g/mol. The van der Waals surface area contributed by atoms with Crippen LogP contribution in [0.2, 0.25) is 0 Å². The third-order valence-corrected chi connectivity index (χ3v) is 15.0. The average Bonchev–Trinajstić information content (AvgIpc) is 3.38. The number of phosphoric acid groups is 1. The van der Waals surface area contributed by atoms with Crippen LogP contribution in [0.1, 0.15) is 284 Å². The van der Waals surface area contributed by atoms with Gasteiger partial charge in [0.1, 0.15) is 13.2 Å². The molecule has 0 aliphatic carbocycles. The van der Waals surface area contributed by atoms with Crippen LogP contribution in [-0.2, 0) is 18.4 Å². The van der Waals surface area contributed by atoms with E-state index in [0.717, 1.165) is 70.6 Å². The second-order valence-corrected chi connectivity index (χ2v) is 24.1. The highest BCUT2D eigenvalue weighted by molar-refractivity contribution is 7.45. The van der Waals surface area contributed by atoms with Crippen molar-refractivity contribution in [1.82, 2.24) is 5.32 Å². The number of hydrogen-bond donors (Lipinski definition) is 2. The zero-order valence-corrected chi connectivity index (χ0v) is 51.3. The molecule has 0 aromatic rings. The van der Waals surface area contributed by atoms with Crippen LogP contribution in [0.5, 0.6) is 0 Å². The number of carbonyl (C=O) groups excluding carboxylic acids is 1. The summed E-state index contributed by atoms with van der Waals surface area (Å²) in [6, 6.07) is -0.915. The van der Waals surface area contributed by atoms with Crippen molar-refractivity contribution in [2.75, 3.05) is 40.9 Å².